The molecule has 0 saturated heterocycles. The number of aryl methyl sites for hydroxylation is 2. The van der Waals surface area contributed by atoms with Crippen LogP contribution in [0.2, 0.25) is 0 Å². The van der Waals surface area contributed by atoms with Gasteiger partial charge in [0.15, 0.2) is 0 Å². The second-order valence-corrected chi connectivity index (χ2v) is 16.6. The fourth-order valence-corrected chi connectivity index (χ4v) is 6.90. The Kier molecular flexibility index (Phi) is 15.5. The molecule has 0 atom stereocenters. The van der Waals surface area contributed by atoms with Gasteiger partial charge in [0.1, 0.15) is 63.1 Å². The fourth-order valence-electron chi connectivity index (χ4n) is 6.00. The van der Waals surface area contributed by atoms with E-state index in [9.17, 15) is 28.0 Å². The standard InChI is InChI=1S/C27H24FIN4O4.C19H16FIN4O3/c1-16-4-8-20(15-30-16)37-23-13-24(34)33(2)26(32-22-11-7-18(29)12-21(22)28)25(23)27(35)31-14-17-5-9-19(36-3)10-6-17;1-10-3-5-12(9-23-10)28-15-8-16(26)25(2)19(17(15)18(22)27)24-14-6-4-11(21)7-13(14)20/h4-13,15,32H,14H2,1-3H3,(H,31,35);3-9,24H,1-2H3,(H2,22,27). The molecule has 0 fully saturated rings. The van der Waals surface area contributed by atoms with Crippen LogP contribution in [0.3, 0.4) is 0 Å². The summed E-state index contributed by atoms with van der Waals surface area (Å²) in [4.78, 5) is 59.2. The summed E-state index contributed by atoms with van der Waals surface area (Å²) in [5.74, 6) is -0.992. The molecule has 0 radical (unpaired) electrons. The summed E-state index contributed by atoms with van der Waals surface area (Å²) in [6.07, 6.45) is 2.96. The van der Waals surface area contributed by atoms with E-state index in [1.54, 1.807) is 55.6 Å². The molecule has 0 aliphatic rings. The number of hydrogen-bond acceptors (Lipinski definition) is 11. The van der Waals surface area contributed by atoms with E-state index in [2.05, 4.69) is 25.9 Å². The SMILES string of the molecule is COc1ccc(CNC(=O)c2c(Oc3ccc(C)nc3)cc(=O)n(C)c2Nc2ccc(I)cc2F)cc1.Cc1ccc(Oc2cc(=O)n(C)c(Nc3ccc(I)cc3F)c2C(N)=O)cn1. The minimum absolute atomic E-state index is 0.00871. The molecule has 15 nitrogen and oxygen atoms in total. The van der Waals surface area contributed by atoms with Crippen molar-refractivity contribution in [3.63, 3.8) is 0 Å². The van der Waals surface area contributed by atoms with Gasteiger partial charge in [0.25, 0.3) is 22.9 Å². The number of carbonyl (C=O) groups excluding carboxylic acids is 2. The van der Waals surface area contributed by atoms with Crippen molar-refractivity contribution in [2.24, 2.45) is 19.8 Å². The molecule has 4 heterocycles. The number of nitrogens with one attached hydrogen (secondary N) is 3. The number of halogens is 4. The van der Waals surface area contributed by atoms with E-state index in [1.807, 2.05) is 71.2 Å². The molecule has 4 aromatic heterocycles. The summed E-state index contributed by atoms with van der Waals surface area (Å²) in [6, 6.07) is 25.5. The van der Waals surface area contributed by atoms with E-state index in [-0.39, 0.29) is 52.2 Å². The number of pyridine rings is 4. The van der Waals surface area contributed by atoms with Gasteiger partial charge < -0.3 is 35.9 Å². The van der Waals surface area contributed by atoms with Gasteiger partial charge in [-0.05, 0) is 137 Å². The van der Waals surface area contributed by atoms with Gasteiger partial charge in [-0.1, -0.05) is 12.1 Å². The van der Waals surface area contributed by atoms with Crippen LogP contribution >= 0.6 is 45.2 Å². The average molecular weight is 1110 g/mol. The van der Waals surface area contributed by atoms with E-state index in [0.29, 0.717) is 24.4 Å². The molecule has 2 amide bonds. The van der Waals surface area contributed by atoms with E-state index in [4.69, 9.17) is 19.9 Å². The van der Waals surface area contributed by atoms with Gasteiger partial charge in [-0.2, -0.15) is 0 Å². The largest absolute Gasteiger partial charge is 0.497 e. The summed E-state index contributed by atoms with van der Waals surface area (Å²) in [5, 5.41) is 8.56. The molecule has 334 valence electrons. The number of primary amides is 1. The molecule has 0 spiro atoms. The van der Waals surface area contributed by atoms with Crippen LogP contribution in [-0.4, -0.2) is 38.0 Å². The van der Waals surface area contributed by atoms with Crippen molar-refractivity contribution in [2.75, 3.05) is 17.7 Å². The van der Waals surface area contributed by atoms with Crippen molar-refractivity contribution >= 4 is 80.0 Å². The van der Waals surface area contributed by atoms with E-state index < -0.39 is 34.6 Å². The summed E-state index contributed by atoms with van der Waals surface area (Å²) in [7, 11) is 4.51. The van der Waals surface area contributed by atoms with E-state index in [1.165, 1.54) is 61.4 Å². The van der Waals surface area contributed by atoms with Gasteiger partial charge in [-0.15, -0.1) is 0 Å². The number of carbonyl (C=O) groups is 2. The van der Waals surface area contributed by atoms with Gasteiger partial charge in [0.2, 0.25) is 0 Å². The maximum absolute atomic E-state index is 14.7. The Labute approximate surface area is 398 Å². The molecule has 0 aliphatic heterocycles. The molecule has 7 aromatic rings. The number of hydrogen-bond donors (Lipinski definition) is 4. The highest BCUT2D eigenvalue weighted by molar-refractivity contribution is 14.1. The lowest BCUT2D eigenvalue weighted by Gasteiger charge is -2.19. The average Bonchev–Trinajstić information content (AvgIpc) is 3.27. The number of ether oxygens (including phenoxy) is 3. The van der Waals surface area contributed by atoms with Gasteiger partial charge in [0.05, 0.1) is 30.9 Å². The van der Waals surface area contributed by atoms with Crippen LogP contribution in [0.4, 0.5) is 31.8 Å². The van der Waals surface area contributed by atoms with Crippen LogP contribution in [0.25, 0.3) is 0 Å². The second kappa shape index (κ2) is 21.2. The Morgan fingerprint density at radius 1 is 0.662 bits per heavy atom. The molecule has 0 aliphatic carbocycles. The first-order valence-corrected chi connectivity index (χ1v) is 21.5. The first-order chi connectivity index (χ1) is 31.0. The number of rotatable bonds is 13. The number of amides is 2. The predicted molar refractivity (Wildman–Crippen MR) is 259 cm³/mol. The predicted octanol–water partition coefficient (Wildman–Crippen LogP) is 8.77. The third-order valence-electron chi connectivity index (χ3n) is 9.49. The van der Waals surface area contributed by atoms with Gasteiger partial charge in [-0.3, -0.25) is 38.3 Å². The second-order valence-electron chi connectivity index (χ2n) is 14.1. The van der Waals surface area contributed by atoms with Crippen molar-refractivity contribution in [1.29, 1.82) is 0 Å². The van der Waals surface area contributed by atoms with E-state index in [0.717, 1.165) is 27.6 Å². The zero-order chi connectivity index (χ0) is 46.9. The van der Waals surface area contributed by atoms with Crippen molar-refractivity contribution in [2.45, 2.75) is 20.4 Å². The molecule has 3 aromatic carbocycles. The van der Waals surface area contributed by atoms with Crippen LogP contribution in [0.1, 0.15) is 37.7 Å². The number of benzene rings is 3. The molecule has 19 heteroatoms. The first-order valence-electron chi connectivity index (χ1n) is 19.4. The van der Waals surface area contributed by atoms with Crippen LogP contribution in [0, 0.1) is 32.6 Å². The molecule has 0 unspecified atom stereocenters. The monoisotopic (exact) mass is 1110 g/mol. The molecule has 0 saturated carbocycles. The molecule has 5 N–H and O–H groups in total. The summed E-state index contributed by atoms with van der Waals surface area (Å²) in [5.41, 5.74) is 7.18. The van der Waals surface area contributed by atoms with Crippen LogP contribution in [0.15, 0.2) is 119 Å². The molecular weight excluding hydrogens is 1070 g/mol. The van der Waals surface area contributed by atoms with Gasteiger partial charge >= 0.3 is 0 Å². The summed E-state index contributed by atoms with van der Waals surface area (Å²) < 4.78 is 49.6. The summed E-state index contributed by atoms with van der Waals surface area (Å²) >= 11 is 3.98. The third kappa shape index (κ3) is 12.0. The lowest BCUT2D eigenvalue weighted by Crippen LogP contribution is -2.29. The first kappa shape index (κ1) is 47.6. The van der Waals surface area contributed by atoms with Crippen LogP contribution < -0.4 is 47.0 Å². The molecule has 0 bridgehead atoms. The topological polar surface area (TPSA) is 194 Å². The minimum atomic E-state index is -0.834. The van der Waals surface area contributed by atoms with Crippen molar-refractivity contribution in [3.8, 4) is 28.7 Å². The number of anilines is 4. The Bertz CT molecular complexity index is 3000. The maximum Gasteiger partial charge on any atom is 0.259 e. The Morgan fingerprint density at radius 2 is 1.11 bits per heavy atom. The quantitative estimate of drug-likeness (QED) is 0.0807. The van der Waals surface area contributed by atoms with Crippen LogP contribution in [0.5, 0.6) is 28.7 Å². The van der Waals surface area contributed by atoms with Gasteiger partial charge in [-0.25, -0.2) is 8.78 Å². The summed E-state index contributed by atoms with van der Waals surface area (Å²) in [6.45, 7) is 3.85. The minimum Gasteiger partial charge on any atom is -0.497 e. The highest BCUT2D eigenvalue weighted by Crippen LogP contribution is 2.33. The zero-order valence-corrected chi connectivity index (χ0v) is 39.7. The van der Waals surface area contributed by atoms with E-state index >= 15 is 0 Å². The van der Waals surface area contributed by atoms with Crippen molar-refractivity contribution < 1.29 is 32.6 Å². The Morgan fingerprint density at radius 3 is 1.52 bits per heavy atom. The number of aromatic nitrogens is 4. The smallest absolute Gasteiger partial charge is 0.259 e. The molecule has 65 heavy (non-hydrogen) atoms. The van der Waals surface area contributed by atoms with Crippen LogP contribution in [-0.2, 0) is 20.6 Å². The normalized spacial score (nSPS) is 10.6. The number of nitrogens with two attached hydrogens (primary N) is 1. The lowest BCUT2D eigenvalue weighted by atomic mass is 10.1. The fraction of sp³-hybridized carbons (Fsp3) is 0.130. The Balaban J connectivity index is 0.000000224. The number of methoxy groups -OCH3 is 1. The maximum atomic E-state index is 14.7. The number of nitrogens with zero attached hydrogens (tertiary/aromatic N) is 4. The Hall–Kier alpha value is -6.88. The lowest BCUT2D eigenvalue weighted by molar-refractivity contribution is 0.0947. The molecule has 7 rings (SSSR count). The van der Waals surface area contributed by atoms with Crippen molar-refractivity contribution in [3.05, 3.63) is 177 Å². The highest BCUT2D eigenvalue weighted by atomic mass is 127. The van der Waals surface area contributed by atoms with Gasteiger partial charge in [0, 0.05) is 51.3 Å². The molecular formula is C46H40F2I2N8O7. The highest BCUT2D eigenvalue weighted by Gasteiger charge is 2.25. The zero-order valence-electron chi connectivity index (χ0n) is 35.3. The van der Waals surface area contributed by atoms with Crippen molar-refractivity contribution in [1.82, 2.24) is 24.4 Å². The third-order valence-corrected chi connectivity index (χ3v) is 10.8.